The number of aromatic nitrogens is 1. The van der Waals surface area contributed by atoms with Crippen molar-refractivity contribution in [3.05, 3.63) is 48.8 Å². The lowest BCUT2D eigenvalue weighted by molar-refractivity contribution is 0.176. The van der Waals surface area contributed by atoms with Crippen LogP contribution in [0.4, 0.5) is 0 Å². The summed E-state index contributed by atoms with van der Waals surface area (Å²) in [6, 6.07) is 5.78. The van der Waals surface area contributed by atoms with E-state index in [-0.39, 0.29) is 0 Å². The van der Waals surface area contributed by atoms with Crippen LogP contribution in [0, 0.1) is 6.92 Å². The Morgan fingerprint density at radius 1 is 1.41 bits per heavy atom. The summed E-state index contributed by atoms with van der Waals surface area (Å²) in [5.41, 5.74) is 1.83. The molecule has 1 aromatic heterocycles. The molecule has 1 aromatic carbocycles. The lowest BCUT2D eigenvalue weighted by Gasteiger charge is -2.11. The van der Waals surface area contributed by atoms with Gasteiger partial charge in [0.1, 0.15) is 0 Å². The molecule has 0 fully saturated rings. The molecule has 1 unspecified atom stereocenters. The van der Waals surface area contributed by atoms with Gasteiger partial charge in [0.2, 0.25) is 0 Å². The molecule has 0 radical (unpaired) electrons. The van der Waals surface area contributed by atoms with Gasteiger partial charge in [-0.2, -0.15) is 0 Å². The predicted molar refractivity (Wildman–Crippen MR) is 77.4 cm³/mol. The smallest absolute Gasteiger partial charge is 0.0897 e. The van der Waals surface area contributed by atoms with E-state index in [1.54, 1.807) is 11.3 Å². The molecule has 1 heterocycles. The van der Waals surface area contributed by atoms with Gasteiger partial charge in [-0.15, -0.1) is 11.3 Å². The topological polar surface area (TPSA) is 33.1 Å². The van der Waals surface area contributed by atoms with Gasteiger partial charge in [-0.1, -0.05) is 37.9 Å². The summed E-state index contributed by atoms with van der Waals surface area (Å²) in [5, 5.41) is 13.2. The molecule has 1 atom stereocenters. The zero-order chi connectivity index (χ0) is 12.4. The van der Waals surface area contributed by atoms with Gasteiger partial charge in [-0.05, 0) is 24.6 Å². The Morgan fingerprint density at radius 2 is 2.18 bits per heavy atom. The molecule has 0 saturated carbocycles. The highest BCUT2D eigenvalue weighted by atomic mass is 79.9. The van der Waals surface area contributed by atoms with Crippen LogP contribution < -0.4 is 0 Å². The Hall–Kier alpha value is -0.230. The molecule has 0 aliphatic carbocycles. The number of hydrogen-bond acceptors (Lipinski definition) is 3. The Morgan fingerprint density at radius 3 is 2.76 bits per heavy atom. The van der Waals surface area contributed by atoms with E-state index >= 15 is 0 Å². The number of benzene rings is 1. The Labute approximate surface area is 121 Å². The second-order valence-corrected chi connectivity index (χ2v) is 6.58. The van der Waals surface area contributed by atoms with Crippen molar-refractivity contribution >= 4 is 43.2 Å². The molecule has 5 heteroatoms. The zero-order valence-electron chi connectivity index (χ0n) is 9.15. The first-order valence-corrected chi connectivity index (χ1v) is 7.57. The van der Waals surface area contributed by atoms with Gasteiger partial charge in [0.15, 0.2) is 0 Å². The van der Waals surface area contributed by atoms with Crippen molar-refractivity contribution in [1.82, 2.24) is 4.98 Å². The molecular weight excluding hydrogens is 366 g/mol. The predicted octanol–water partition coefficient (Wildman–Crippen LogP) is 4.25. The fraction of sp³-hybridized carbons (Fsp3) is 0.250. The summed E-state index contributed by atoms with van der Waals surface area (Å²) in [7, 11) is 0. The fourth-order valence-electron chi connectivity index (χ4n) is 1.58. The van der Waals surface area contributed by atoms with Crippen molar-refractivity contribution in [2.45, 2.75) is 19.4 Å². The van der Waals surface area contributed by atoms with E-state index in [1.807, 2.05) is 30.5 Å². The first-order valence-electron chi connectivity index (χ1n) is 5.10. The van der Waals surface area contributed by atoms with Crippen LogP contribution in [0.3, 0.4) is 0 Å². The molecule has 0 spiro atoms. The highest BCUT2D eigenvalue weighted by Gasteiger charge is 2.13. The Balaban J connectivity index is 2.17. The van der Waals surface area contributed by atoms with Crippen LogP contribution in [0.15, 0.2) is 32.5 Å². The number of aryl methyl sites for hydroxylation is 1. The average Bonchev–Trinajstić information content (AvgIpc) is 2.63. The van der Waals surface area contributed by atoms with E-state index in [0.717, 1.165) is 25.2 Å². The van der Waals surface area contributed by atoms with Crippen LogP contribution in [-0.2, 0) is 6.42 Å². The molecule has 17 heavy (non-hydrogen) atoms. The molecule has 0 amide bonds. The van der Waals surface area contributed by atoms with Gasteiger partial charge in [-0.3, -0.25) is 0 Å². The fourth-order valence-corrected chi connectivity index (χ4v) is 3.52. The van der Waals surface area contributed by atoms with Crippen molar-refractivity contribution in [2.75, 3.05) is 0 Å². The van der Waals surface area contributed by atoms with E-state index in [0.29, 0.717) is 6.42 Å². The SMILES string of the molecule is Cc1nc(CC(O)c2ccc(Br)cc2Br)cs1. The van der Waals surface area contributed by atoms with Crippen LogP contribution >= 0.6 is 43.2 Å². The number of aliphatic hydroxyl groups excluding tert-OH is 1. The Bertz CT molecular complexity index is 527. The maximum atomic E-state index is 10.2. The largest absolute Gasteiger partial charge is 0.388 e. The maximum absolute atomic E-state index is 10.2. The summed E-state index contributed by atoms with van der Waals surface area (Å²) in [6.07, 6.45) is 0.0175. The van der Waals surface area contributed by atoms with Crippen LogP contribution in [-0.4, -0.2) is 10.1 Å². The summed E-state index contributed by atoms with van der Waals surface area (Å²) < 4.78 is 1.90. The van der Waals surface area contributed by atoms with Gasteiger partial charge in [0, 0.05) is 20.7 Å². The average molecular weight is 377 g/mol. The molecule has 0 aliphatic rings. The first kappa shape index (κ1) is 13.2. The minimum Gasteiger partial charge on any atom is -0.388 e. The third kappa shape index (κ3) is 3.37. The number of thiazole rings is 1. The summed E-state index contributed by atoms with van der Waals surface area (Å²) in [6.45, 7) is 1.97. The van der Waals surface area contributed by atoms with E-state index in [4.69, 9.17) is 0 Å². The highest BCUT2D eigenvalue weighted by molar-refractivity contribution is 9.11. The second kappa shape index (κ2) is 5.61. The quantitative estimate of drug-likeness (QED) is 0.868. The molecule has 1 N–H and O–H groups in total. The zero-order valence-corrected chi connectivity index (χ0v) is 13.1. The van der Waals surface area contributed by atoms with Gasteiger partial charge in [-0.25, -0.2) is 4.98 Å². The molecule has 0 bridgehead atoms. The second-order valence-electron chi connectivity index (χ2n) is 3.74. The number of hydrogen-bond donors (Lipinski definition) is 1. The van der Waals surface area contributed by atoms with E-state index in [9.17, 15) is 5.11 Å². The van der Waals surface area contributed by atoms with Gasteiger partial charge in [0.25, 0.3) is 0 Å². The third-order valence-corrected chi connectivity index (χ3v) is 4.39. The van der Waals surface area contributed by atoms with Crippen molar-refractivity contribution in [1.29, 1.82) is 0 Å². The van der Waals surface area contributed by atoms with Crippen molar-refractivity contribution in [2.24, 2.45) is 0 Å². The maximum Gasteiger partial charge on any atom is 0.0897 e. The normalized spacial score (nSPS) is 12.7. The minimum atomic E-state index is -0.529. The van der Waals surface area contributed by atoms with Crippen molar-refractivity contribution in [3.63, 3.8) is 0 Å². The molecule has 90 valence electrons. The van der Waals surface area contributed by atoms with Crippen LogP contribution in [0.5, 0.6) is 0 Å². The molecule has 0 saturated heterocycles. The van der Waals surface area contributed by atoms with Gasteiger partial charge < -0.3 is 5.11 Å². The number of nitrogens with zero attached hydrogens (tertiary/aromatic N) is 1. The van der Waals surface area contributed by atoms with Crippen LogP contribution in [0.25, 0.3) is 0 Å². The third-order valence-electron chi connectivity index (χ3n) is 2.39. The summed E-state index contributed by atoms with van der Waals surface area (Å²) in [5.74, 6) is 0. The van der Waals surface area contributed by atoms with E-state index in [2.05, 4.69) is 36.8 Å². The number of rotatable bonds is 3. The minimum absolute atomic E-state index is 0.529. The van der Waals surface area contributed by atoms with Crippen molar-refractivity contribution in [3.8, 4) is 0 Å². The van der Waals surface area contributed by atoms with Gasteiger partial charge >= 0.3 is 0 Å². The van der Waals surface area contributed by atoms with Crippen LogP contribution in [0.2, 0.25) is 0 Å². The number of halogens is 2. The molecule has 2 nitrogen and oxygen atoms in total. The van der Waals surface area contributed by atoms with E-state index < -0.39 is 6.10 Å². The summed E-state index contributed by atoms with van der Waals surface area (Å²) >= 11 is 8.46. The molecular formula is C12H11Br2NOS. The monoisotopic (exact) mass is 375 g/mol. The molecule has 2 aromatic rings. The van der Waals surface area contributed by atoms with Gasteiger partial charge in [0.05, 0.1) is 16.8 Å². The summed E-state index contributed by atoms with van der Waals surface area (Å²) in [4.78, 5) is 4.36. The standard InChI is InChI=1S/C12H11Br2NOS/c1-7-15-9(6-17-7)5-12(16)10-3-2-8(13)4-11(10)14/h2-4,6,12,16H,5H2,1H3. The lowest BCUT2D eigenvalue weighted by Crippen LogP contribution is -2.03. The number of aliphatic hydroxyl groups is 1. The molecule has 0 aliphatic heterocycles. The van der Waals surface area contributed by atoms with Crippen LogP contribution in [0.1, 0.15) is 22.4 Å². The lowest BCUT2D eigenvalue weighted by atomic mass is 10.1. The Kier molecular flexibility index (Phi) is 4.36. The van der Waals surface area contributed by atoms with E-state index in [1.165, 1.54) is 0 Å². The highest BCUT2D eigenvalue weighted by Crippen LogP contribution is 2.29. The first-order chi connectivity index (χ1) is 8.06. The van der Waals surface area contributed by atoms with Crippen molar-refractivity contribution < 1.29 is 5.11 Å². The molecule has 2 rings (SSSR count).